The molecule has 0 unspecified atom stereocenters. The van der Waals surface area contributed by atoms with Crippen LogP contribution in [0, 0.1) is 5.41 Å². The van der Waals surface area contributed by atoms with Gasteiger partial charge in [0.25, 0.3) is 0 Å². The standard InChI is InChI=1S/C15H18ClF3/c1-2-3-11-4-5-12(13(16)10-11)6-7-14(8-9-14)15(17,18)19/h4-5,10H,2-3,6-9H2,1H3. The molecule has 1 aromatic carbocycles. The van der Waals surface area contributed by atoms with Crippen molar-refractivity contribution < 1.29 is 13.2 Å². The van der Waals surface area contributed by atoms with Crippen LogP contribution in [0.4, 0.5) is 13.2 Å². The van der Waals surface area contributed by atoms with Crippen molar-refractivity contribution in [2.45, 2.75) is 51.6 Å². The number of rotatable bonds is 5. The first kappa shape index (κ1) is 14.7. The number of hydrogen-bond donors (Lipinski definition) is 0. The summed E-state index contributed by atoms with van der Waals surface area (Å²) in [5, 5.41) is 0.601. The molecule has 1 saturated carbocycles. The van der Waals surface area contributed by atoms with E-state index < -0.39 is 11.6 Å². The Morgan fingerprint density at radius 3 is 2.37 bits per heavy atom. The zero-order valence-electron chi connectivity index (χ0n) is 11.0. The molecule has 0 aliphatic heterocycles. The molecule has 0 spiro atoms. The molecule has 0 amide bonds. The van der Waals surface area contributed by atoms with Gasteiger partial charge in [0.1, 0.15) is 0 Å². The van der Waals surface area contributed by atoms with E-state index in [-0.39, 0.29) is 19.3 Å². The topological polar surface area (TPSA) is 0 Å². The lowest BCUT2D eigenvalue weighted by Crippen LogP contribution is -2.25. The van der Waals surface area contributed by atoms with E-state index in [2.05, 4.69) is 6.92 Å². The van der Waals surface area contributed by atoms with Crippen molar-refractivity contribution in [3.8, 4) is 0 Å². The summed E-state index contributed by atoms with van der Waals surface area (Å²) >= 11 is 6.15. The Labute approximate surface area is 117 Å². The Balaban J connectivity index is 2.01. The van der Waals surface area contributed by atoms with Gasteiger partial charge in [-0.2, -0.15) is 13.2 Å². The fraction of sp³-hybridized carbons (Fsp3) is 0.600. The highest BCUT2D eigenvalue weighted by molar-refractivity contribution is 6.31. The van der Waals surface area contributed by atoms with Crippen molar-refractivity contribution in [1.29, 1.82) is 0 Å². The number of halogens is 4. The summed E-state index contributed by atoms with van der Waals surface area (Å²) in [5.41, 5.74) is 0.545. The van der Waals surface area contributed by atoms with Crippen LogP contribution < -0.4 is 0 Å². The first-order valence-electron chi connectivity index (χ1n) is 6.72. The van der Waals surface area contributed by atoms with Gasteiger partial charge in [0.05, 0.1) is 5.41 Å². The molecule has 0 bridgehead atoms. The molecule has 0 aromatic heterocycles. The van der Waals surface area contributed by atoms with Crippen LogP contribution in [0.15, 0.2) is 18.2 Å². The number of hydrogen-bond acceptors (Lipinski definition) is 0. The Morgan fingerprint density at radius 2 is 1.89 bits per heavy atom. The van der Waals surface area contributed by atoms with Crippen LogP contribution >= 0.6 is 11.6 Å². The normalized spacial score (nSPS) is 17.5. The first-order chi connectivity index (χ1) is 8.88. The Hall–Kier alpha value is -0.700. The van der Waals surface area contributed by atoms with Crippen molar-refractivity contribution in [2.75, 3.05) is 0 Å². The van der Waals surface area contributed by atoms with E-state index in [1.54, 1.807) is 0 Å². The maximum atomic E-state index is 12.8. The summed E-state index contributed by atoms with van der Waals surface area (Å²) in [6, 6.07) is 5.73. The van der Waals surface area contributed by atoms with Gasteiger partial charge in [-0.15, -0.1) is 0 Å². The van der Waals surface area contributed by atoms with Crippen LogP contribution in [0.3, 0.4) is 0 Å². The molecule has 0 N–H and O–H groups in total. The molecule has 0 atom stereocenters. The molecule has 1 aromatic rings. The molecule has 0 nitrogen and oxygen atoms in total. The molecule has 19 heavy (non-hydrogen) atoms. The van der Waals surface area contributed by atoms with Crippen molar-refractivity contribution in [1.82, 2.24) is 0 Å². The van der Waals surface area contributed by atoms with E-state index in [9.17, 15) is 13.2 Å². The van der Waals surface area contributed by atoms with Crippen LogP contribution in [0.2, 0.25) is 5.02 Å². The van der Waals surface area contributed by atoms with E-state index in [1.165, 1.54) is 0 Å². The summed E-state index contributed by atoms with van der Waals surface area (Å²) in [5.74, 6) is 0. The van der Waals surface area contributed by atoms with Crippen LogP contribution in [0.1, 0.15) is 43.7 Å². The minimum atomic E-state index is -4.07. The van der Waals surface area contributed by atoms with Gasteiger partial charge in [-0.05, 0) is 49.3 Å². The second-order valence-electron chi connectivity index (χ2n) is 5.45. The first-order valence-corrected chi connectivity index (χ1v) is 7.10. The fourth-order valence-electron chi connectivity index (χ4n) is 2.44. The monoisotopic (exact) mass is 290 g/mol. The van der Waals surface area contributed by atoms with E-state index in [4.69, 9.17) is 11.6 Å². The van der Waals surface area contributed by atoms with Crippen molar-refractivity contribution >= 4 is 11.6 Å². The second-order valence-corrected chi connectivity index (χ2v) is 5.86. The van der Waals surface area contributed by atoms with E-state index in [1.807, 2.05) is 18.2 Å². The number of aryl methyl sites for hydroxylation is 2. The van der Waals surface area contributed by atoms with Crippen LogP contribution in [0.5, 0.6) is 0 Å². The fourth-order valence-corrected chi connectivity index (χ4v) is 2.74. The molecule has 0 radical (unpaired) electrons. The van der Waals surface area contributed by atoms with E-state index in [0.29, 0.717) is 11.4 Å². The van der Waals surface area contributed by atoms with Crippen LogP contribution in [0.25, 0.3) is 0 Å². The highest BCUT2D eigenvalue weighted by atomic mass is 35.5. The summed E-state index contributed by atoms with van der Waals surface area (Å²) in [4.78, 5) is 0. The molecule has 4 heteroatoms. The van der Waals surface area contributed by atoms with Crippen molar-refractivity contribution in [3.63, 3.8) is 0 Å². The van der Waals surface area contributed by atoms with Gasteiger partial charge < -0.3 is 0 Å². The SMILES string of the molecule is CCCc1ccc(CCC2(C(F)(F)F)CC2)c(Cl)c1. The highest BCUT2D eigenvalue weighted by Crippen LogP contribution is 2.60. The molecular weight excluding hydrogens is 273 g/mol. The summed E-state index contributed by atoms with van der Waals surface area (Å²) in [6.45, 7) is 2.09. The number of benzene rings is 1. The van der Waals surface area contributed by atoms with Crippen LogP contribution in [-0.2, 0) is 12.8 Å². The zero-order chi connectivity index (χ0) is 14.1. The minimum Gasteiger partial charge on any atom is -0.171 e. The summed E-state index contributed by atoms with van der Waals surface area (Å²) < 4.78 is 38.5. The summed E-state index contributed by atoms with van der Waals surface area (Å²) in [7, 11) is 0. The second kappa shape index (κ2) is 5.35. The van der Waals surface area contributed by atoms with E-state index in [0.717, 1.165) is 24.0 Å². The molecular formula is C15H18ClF3. The van der Waals surface area contributed by atoms with E-state index >= 15 is 0 Å². The van der Waals surface area contributed by atoms with Gasteiger partial charge in [0.2, 0.25) is 0 Å². The molecule has 0 heterocycles. The predicted octanol–water partition coefficient (Wildman–Crippen LogP) is 5.57. The third-order valence-corrected chi connectivity index (χ3v) is 4.34. The number of alkyl halides is 3. The lowest BCUT2D eigenvalue weighted by atomic mass is 9.95. The largest absolute Gasteiger partial charge is 0.394 e. The third-order valence-electron chi connectivity index (χ3n) is 3.98. The Bertz CT molecular complexity index is 447. The lowest BCUT2D eigenvalue weighted by molar-refractivity contribution is -0.188. The van der Waals surface area contributed by atoms with Gasteiger partial charge in [0, 0.05) is 5.02 Å². The smallest absolute Gasteiger partial charge is 0.171 e. The van der Waals surface area contributed by atoms with Gasteiger partial charge >= 0.3 is 6.18 Å². The van der Waals surface area contributed by atoms with Crippen LogP contribution in [-0.4, -0.2) is 6.18 Å². The third kappa shape index (κ3) is 3.25. The molecule has 1 aliphatic rings. The zero-order valence-corrected chi connectivity index (χ0v) is 11.7. The Morgan fingerprint density at radius 1 is 1.21 bits per heavy atom. The lowest BCUT2D eigenvalue weighted by Gasteiger charge is -2.19. The average molecular weight is 291 g/mol. The van der Waals surface area contributed by atoms with Crippen molar-refractivity contribution in [2.24, 2.45) is 5.41 Å². The van der Waals surface area contributed by atoms with Gasteiger partial charge in [-0.3, -0.25) is 0 Å². The van der Waals surface area contributed by atoms with Crippen molar-refractivity contribution in [3.05, 3.63) is 34.3 Å². The highest BCUT2D eigenvalue weighted by Gasteiger charge is 2.62. The molecule has 1 fully saturated rings. The molecule has 106 valence electrons. The minimum absolute atomic E-state index is 0.156. The molecule has 0 saturated heterocycles. The summed E-state index contributed by atoms with van der Waals surface area (Å²) in [6.07, 6.45) is -0.987. The predicted molar refractivity (Wildman–Crippen MR) is 71.5 cm³/mol. The molecule has 1 aliphatic carbocycles. The quantitative estimate of drug-likeness (QED) is 0.665. The average Bonchev–Trinajstić information content (AvgIpc) is 3.09. The molecule has 2 rings (SSSR count). The maximum absolute atomic E-state index is 12.8. The van der Waals surface area contributed by atoms with Gasteiger partial charge in [0.15, 0.2) is 0 Å². The van der Waals surface area contributed by atoms with Gasteiger partial charge in [-0.1, -0.05) is 37.1 Å². The Kier molecular flexibility index (Phi) is 4.14. The maximum Gasteiger partial charge on any atom is 0.394 e. The van der Waals surface area contributed by atoms with Gasteiger partial charge in [-0.25, -0.2) is 0 Å².